The van der Waals surface area contributed by atoms with E-state index in [0.717, 1.165) is 0 Å². The van der Waals surface area contributed by atoms with Gasteiger partial charge in [-0.25, -0.2) is 9.59 Å². The molecule has 0 spiro atoms. The predicted molar refractivity (Wildman–Crippen MR) is 56.0 cm³/mol. The number of urea groups is 1. The number of aliphatic hydroxyl groups is 2. The Balaban J connectivity index is 4.52. The van der Waals surface area contributed by atoms with E-state index in [1.54, 1.807) is 13.8 Å². The SMILES string of the molecule is CN(C(=O)N[C@H](CO)C(=O)O)C(C)(C)CO. The van der Waals surface area contributed by atoms with E-state index in [-0.39, 0.29) is 6.61 Å². The molecule has 0 saturated carbocycles. The van der Waals surface area contributed by atoms with Gasteiger partial charge in [-0.05, 0) is 13.8 Å². The number of likely N-dealkylation sites (N-methyl/N-ethyl adjacent to an activating group) is 1. The number of carbonyl (C=O) groups excluding carboxylic acids is 1. The van der Waals surface area contributed by atoms with Crippen LogP contribution in [0, 0.1) is 0 Å². The van der Waals surface area contributed by atoms with Gasteiger partial charge in [0.25, 0.3) is 0 Å². The van der Waals surface area contributed by atoms with E-state index in [9.17, 15) is 9.59 Å². The molecule has 7 nitrogen and oxygen atoms in total. The average Bonchev–Trinajstić information content (AvgIpc) is 2.23. The van der Waals surface area contributed by atoms with Crippen molar-refractivity contribution in [2.24, 2.45) is 0 Å². The van der Waals surface area contributed by atoms with E-state index in [1.807, 2.05) is 0 Å². The maximum absolute atomic E-state index is 11.6. The van der Waals surface area contributed by atoms with E-state index in [0.29, 0.717) is 0 Å². The van der Waals surface area contributed by atoms with E-state index in [2.05, 4.69) is 5.32 Å². The van der Waals surface area contributed by atoms with Crippen molar-refractivity contribution in [2.45, 2.75) is 25.4 Å². The number of rotatable bonds is 5. The summed E-state index contributed by atoms with van der Waals surface area (Å²) in [4.78, 5) is 23.3. The van der Waals surface area contributed by atoms with Crippen LogP contribution < -0.4 is 5.32 Å². The standard InChI is InChI=1S/C9H18N2O5/c1-9(2,5-13)11(3)8(16)10-6(4-12)7(14)15/h6,12-13H,4-5H2,1-3H3,(H,10,16)(H,14,15)/t6-/m1/s1. The maximum atomic E-state index is 11.6. The first-order valence-corrected chi connectivity index (χ1v) is 4.75. The first kappa shape index (κ1) is 14.7. The molecule has 16 heavy (non-hydrogen) atoms. The summed E-state index contributed by atoms with van der Waals surface area (Å²) >= 11 is 0. The van der Waals surface area contributed by atoms with Crippen LogP contribution in [0.2, 0.25) is 0 Å². The summed E-state index contributed by atoms with van der Waals surface area (Å²) in [6.07, 6.45) is 0. The van der Waals surface area contributed by atoms with Gasteiger partial charge in [-0.1, -0.05) is 0 Å². The number of nitrogens with zero attached hydrogens (tertiary/aromatic N) is 1. The number of carboxylic acids is 1. The van der Waals surface area contributed by atoms with Crippen molar-refractivity contribution in [3.05, 3.63) is 0 Å². The zero-order valence-electron chi connectivity index (χ0n) is 9.60. The van der Waals surface area contributed by atoms with Crippen molar-refractivity contribution in [2.75, 3.05) is 20.3 Å². The van der Waals surface area contributed by atoms with Crippen molar-refractivity contribution in [3.8, 4) is 0 Å². The summed E-state index contributed by atoms with van der Waals surface area (Å²) in [6.45, 7) is 2.31. The molecule has 0 aliphatic heterocycles. The number of carbonyl (C=O) groups is 2. The van der Waals surface area contributed by atoms with Crippen LogP contribution in [0.4, 0.5) is 4.79 Å². The van der Waals surface area contributed by atoms with E-state index >= 15 is 0 Å². The molecule has 0 radical (unpaired) electrons. The average molecular weight is 234 g/mol. The monoisotopic (exact) mass is 234 g/mol. The van der Waals surface area contributed by atoms with Crippen molar-refractivity contribution in [3.63, 3.8) is 0 Å². The van der Waals surface area contributed by atoms with Gasteiger partial charge in [0.05, 0.1) is 18.8 Å². The third-order valence-corrected chi connectivity index (χ3v) is 2.38. The number of nitrogens with one attached hydrogen (secondary N) is 1. The van der Waals surface area contributed by atoms with Gasteiger partial charge < -0.3 is 25.5 Å². The number of amides is 2. The number of aliphatic hydroxyl groups excluding tert-OH is 2. The van der Waals surface area contributed by atoms with Gasteiger partial charge >= 0.3 is 12.0 Å². The minimum atomic E-state index is -1.34. The Labute approximate surface area is 93.7 Å². The largest absolute Gasteiger partial charge is 0.480 e. The summed E-state index contributed by atoms with van der Waals surface area (Å²) in [5.74, 6) is -1.31. The Bertz CT molecular complexity index is 267. The fourth-order valence-electron chi connectivity index (χ4n) is 0.812. The van der Waals surface area contributed by atoms with Gasteiger partial charge in [0.15, 0.2) is 6.04 Å². The molecule has 0 rings (SSSR count). The first-order chi connectivity index (χ1) is 7.26. The number of hydrogen-bond acceptors (Lipinski definition) is 4. The van der Waals surface area contributed by atoms with Crippen LogP contribution >= 0.6 is 0 Å². The van der Waals surface area contributed by atoms with Crippen LogP contribution in [0.15, 0.2) is 0 Å². The third kappa shape index (κ3) is 3.67. The second kappa shape index (κ2) is 5.66. The summed E-state index contributed by atoms with van der Waals surface area (Å²) in [6, 6.07) is -2.01. The second-order valence-electron chi connectivity index (χ2n) is 4.05. The lowest BCUT2D eigenvalue weighted by Gasteiger charge is -2.34. The molecule has 2 amide bonds. The smallest absolute Gasteiger partial charge is 0.328 e. The minimum Gasteiger partial charge on any atom is -0.480 e. The van der Waals surface area contributed by atoms with Gasteiger partial charge in [-0.2, -0.15) is 0 Å². The summed E-state index contributed by atoms with van der Waals surface area (Å²) in [5.41, 5.74) is -0.803. The molecule has 0 aliphatic rings. The molecule has 7 heteroatoms. The Hall–Kier alpha value is -1.34. The third-order valence-electron chi connectivity index (χ3n) is 2.38. The maximum Gasteiger partial charge on any atom is 0.328 e. The Kier molecular flexibility index (Phi) is 5.19. The Morgan fingerprint density at radius 3 is 2.19 bits per heavy atom. The molecule has 0 heterocycles. The quantitative estimate of drug-likeness (QED) is 0.480. The highest BCUT2D eigenvalue weighted by molar-refractivity contribution is 5.82. The van der Waals surface area contributed by atoms with Crippen LogP contribution in [-0.2, 0) is 4.79 Å². The molecule has 0 fully saturated rings. The number of carboxylic acid groups (broad SMARTS) is 1. The van der Waals surface area contributed by atoms with Crippen LogP contribution in [0.5, 0.6) is 0 Å². The molecule has 4 N–H and O–H groups in total. The second-order valence-corrected chi connectivity index (χ2v) is 4.05. The van der Waals surface area contributed by atoms with Gasteiger partial charge in [0.2, 0.25) is 0 Å². The molecule has 0 unspecified atom stereocenters. The fourth-order valence-corrected chi connectivity index (χ4v) is 0.812. The summed E-state index contributed by atoms with van der Waals surface area (Å²) < 4.78 is 0. The topological polar surface area (TPSA) is 110 Å². The van der Waals surface area contributed by atoms with Crippen molar-refractivity contribution >= 4 is 12.0 Å². The van der Waals surface area contributed by atoms with Gasteiger partial charge in [-0.3, -0.25) is 0 Å². The zero-order valence-corrected chi connectivity index (χ0v) is 9.60. The van der Waals surface area contributed by atoms with E-state index in [1.165, 1.54) is 11.9 Å². The van der Waals surface area contributed by atoms with Gasteiger partial charge in [0.1, 0.15) is 0 Å². The molecular formula is C9H18N2O5. The predicted octanol–water partition coefficient (Wildman–Crippen LogP) is -1.16. The molecule has 1 atom stereocenters. The molecule has 0 bridgehead atoms. The lowest BCUT2D eigenvalue weighted by molar-refractivity contribution is -0.140. The summed E-state index contributed by atoms with van der Waals surface area (Å²) in [7, 11) is 1.43. The van der Waals surface area contributed by atoms with Crippen LogP contribution in [0.1, 0.15) is 13.8 Å². The number of hydrogen-bond donors (Lipinski definition) is 4. The highest BCUT2D eigenvalue weighted by Gasteiger charge is 2.29. The lowest BCUT2D eigenvalue weighted by Crippen LogP contribution is -2.55. The molecular weight excluding hydrogens is 216 g/mol. The fraction of sp³-hybridized carbons (Fsp3) is 0.778. The van der Waals surface area contributed by atoms with Gasteiger partial charge in [0, 0.05) is 7.05 Å². The molecule has 0 aromatic rings. The van der Waals surface area contributed by atoms with Crippen LogP contribution in [0.3, 0.4) is 0 Å². The molecule has 0 aliphatic carbocycles. The molecule has 0 saturated heterocycles. The Morgan fingerprint density at radius 2 is 1.88 bits per heavy atom. The van der Waals surface area contributed by atoms with Crippen molar-refractivity contribution in [1.82, 2.24) is 10.2 Å². The van der Waals surface area contributed by atoms with E-state index < -0.39 is 30.2 Å². The van der Waals surface area contributed by atoms with Gasteiger partial charge in [-0.15, -0.1) is 0 Å². The minimum absolute atomic E-state index is 0.256. The normalized spacial score (nSPS) is 13.1. The van der Waals surface area contributed by atoms with Crippen LogP contribution in [-0.4, -0.2) is 64.1 Å². The van der Waals surface area contributed by atoms with Crippen molar-refractivity contribution in [1.29, 1.82) is 0 Å². The molecule has 0 aromatic heterocycles. The first-order valence-electron chi connectivity index (χ1n) is 4.75. The Morgan fingerprint density at radius 1 is 1.38 bits per heavy atom. The van der Waals surface area contributed by atoms with Crippen LogP contribution in [0.25, 0.3) is 0 Å². The molecule has 94 valence electrons. The van der Waals surface area contributed by atoms with E-state index in [4.69, 9.17) is 15.3 Å². The highest BCUT2D eigenvalue weighted by Crippen LogP contribution is 2.10. The summed E-state index contributed by atoms with van der Waals surface area (Å²) in [5, 5.41) is 28.5. The molecule has 0 aromatic carbocycles. The highest BCUT2D eigenvalue weighted by atomic mass is 16.4. The van der Waals surface area contributed by atoms with Crippen molar-refractivity contribution < 1.29 is 24.9 Å². The lowest BCUT2D eigenvalue weighted by atomic mass is 10.1. The number of aliphatic carboxylic acids is 1. The zero-order chi connectivity index (χ0) is 12.9.